The molecule has 1 aromatic rings. The Bertz CT molecular complexity index is 674. The van der Waals surface area contributed by atoms with Gasteiger partial charge in [-0.2, -0.15) is 0 Å². The number of hydrogen-bond donors (Lipinski definition) is 3. The van der Waals surface area contributed by atoms with Gasteiger partial charge in [0.15, 0.2) is 9.84 Å². The lowest BCUT2D eigenvalue weighted by atomic mass is 9.85. The maximum Gasteiger partial charge on any atom is 0.175 e. The largest absolute Gasteiger partial charge is 0.493 e. The summed E-state index contributed by atoms with van der Waals surface area (Å²) in [6.07, 6.45) is 4.32. The molecule has 6 nitrogen and oxygen atoms in total. The van der Waals surface area contributed by atoms with Gasteiger partial charge >= 0.3 is 0 Å². The van der Waals surface area contributed by atoms with Gasteiger partial charge < -0.3 is 20.3 Å². The lowest BCUT2D eigenvalue weighted by Gasteiger charge is -2.34. The van der Waals surface area contributed by atoms with Crippen LogP contribution in [0.15, 0.2) is 29.2 Å². The molecule has 2 aliphatic rings. The molecule has 0 amide bonds. The lowest BCUT2D eigenvalue weighted by molar-refractivity contribution is 0.0438. The third-order valence-corrected chi connectivity index (χ3v) is 6.52. The van der Waals surface area contributed by atoms with Gasteiger partial charge in [-0.15, -0.1) is 0 Å². The second kappa shape index (κ2) is 7.23. The minimum absolute atomic E-state index is 0.257. The van der Waals surface area contributed by atoms with E-state index in [1.807, 2.05) is 0 Å². The van der Waals surface area contributed by atoms with Crippen LogP contribution in [0.25, 0.3) is 0 Å². The molecule has 2 aliphatic carbocycles. The van der Waals surface area contributed by atoms with Crippen molar-refractivity contribution in [2.45, 2.75) is 55.2 Å². The highest BCUT2D eigenvalue weighted by atomic mass is 32.2. The van der Waals surface area contributed by atoms with Gasteiger partial charge in [-0.05, 0) is 49.9 Å². The Labute approximate surface area is 149 Å². The molecule has 2 fully saturated rings. The average Bonchev–Trinajstić information content (AvgIpc) is 2.78. The van der Waals surface area contributed by atoms with E-state index < -0.39 is 22.0 Å². The van der Waals surface area contributed by atoms with Crippen molar-refractivity contribution in [2.24, 2.45) is 5.41 Å². The third-order valence-electron chi connectivity index (χ3n) is 5.40. The number of benzene rings is 1. The topological polar surface area (TPSA) is 95.9 Å². The minimum atomic E-state index is -3.22. The Balaban J connectivity index is 1.63. The number of aliphatic hydroxyl groups is 2. The number of nitrogens with one attached hydrogen (secondary N) is 1. The van der Waals surface area contributed by atoms with Crippen LogP contribution < -0.4 is 10.1 Å². The van der Waals surface area contributed by atoms with Gasteiger partial charge in [-0.1, -0.05) is 6.42 Å². The van der Waals surface area contributed by atoms with E-state index in [4.69, 9.17) is 4.74 Å². The summed E-state index contributed by atoms with van der Waals surface area (Å²) >= 11 is 0. The molecule has 0 spiro atoms. The quantitative estimate of drug-likeness (QED) is 0.666. The molecule has 0 saturated heterocycles. The predicted molar refractivity (Wildman–Crippen MR) is 94.4 cm³/mol. The van der Waals surface area contributed by atoms with E-state index in [-0.39, 0.29) is 10.3 Å². The molecular formula is C18H27NO5S. The van der Waals surface area contributed by atoms with Crippen molar-refractivity contribution in [2.75, 3.05) is 19.4 Å². The molecular weight excluding hydrogens is 342 g/mol. The summed E-state index contributed by atoms with van der Waals surface area (Å²) in [5, 5.41) is 23.5. The fraction of sp³-hybridized carbons (Fsp3) is 0.667. The highest BCUT2D eigenvalue weighted by Gasteiger charge is 2.45. The van der Waals surface area contributed by atoms with Crippen molar-refractivity contribution >= 4 is 9.84 Å². The predicted octanol–water partition coefficient (Wildman–Crippen LogP) is 1.11. The van der Waals surface area contributed by atoms with Gasteiger partial charge in [0.2, 0.25) is 0 Å². The molecule has 0 heterocycles. The smallest absolute Gasteiger partial charge is 0.175 e. The van der Waals surface area contributed by atoms with E-state index in [0.29, 0.717) is 37.8 Å². The summed E-state index contributed by atoms with van der Waals surface area (Å²) in [6.45, 7) is 1.08. The van der Waals surface area contributed by atoms with Crippen LogP contribution in [0.4, 0.5) is 0 Å². The van der Waals surface area contributed by atoms with Crippen molar-refractivity contribution in [3.63, 3.8) is 0 Å². The van der Waals surface area contributed by atoms with E-state index in [2.05, 4.69) is 5.32 Å². The highest BCUT2D eigenvalue weighted by Crippen LogP contribution is 2.39. The summed E-state index contributed by atoms with van der Waals surface area (Å²) in [5.74, 6) is 0.589. The SMILES string of the molecule is CS(=O)(=O)c1ccc(OCC2(CNC3CCC3)CC(O)C(O)C2)cc1. The summed E-state index contributed by atoms with van der Waals surface area (Å²) in [5.41, 5.74) is -0.316. The summed E-state index contributed by atoms with van der Waals surface area (Å²) in [6, 6.07) is 6.88. The number of rotatable bonds is 7. The van der Waals surface area contributed by atoms with Gasteiger partial charge in [0.05, 0.1) is 23.7 Å². The normalized spacial score (nSPS) is 30.2. The highest BCUT2D eigenvalue weighted by molar-refractivity contribution is 7.90. The summed E-state index contributed by atoms with van der Waals surface area (Å²) in [7, 11) is -3.22. The minimum Gasteiger partial charge on any atom is -0.493 e. The van der Waals surface area contributed by atoms with Crippen LogP contribution in [0, 0.1) is 5.41 Å². The van der Waals surface area contributed by atoms with Crippen molar-refractivity contribution in [3.8, 4) is 5.75 Å². The van der Waals surface area contributed by atoms with E-state index >= 15 is 0 Å². The van der Waals surface area contributed by atoms with Crippen molar-refractivity contribution in [1.29, 1.82) is 0 Å². The van der Waals surface area contributed by atoms with Crippen LogP contribution in [0.5, 0.6) is 5.75 Å². The van der Waals surface area contributed by atoms with Gasteiger partial charge in [0, 0.05) is 24.3 Å². The number of aliphatic hydroxyl groups excluding tert-OH is 2. The lowest BCUT2D eigenvalue weighted by Crippen LogP contribution is -2.44. The molecule has 0 bridgehead atoms. The zero-order valence-corrected chi connectivity index (χ0v) is 15.3. The monoisotopic (exact) mass is 369 g/mol. The van der Waals surface area contributed by atoms with E-state index in [1.165, 1.54) is 37.7 Å². The molecule has 3 N–H and O–H groups in total. The first-order chi connectivity index (χ1) is 11.8. The Kier molecular flexibility index (Phi) is 5.39. The van der Waals surface area contributed by atoms with Gasteiger partial charge in [0.1, 0.15) is 5.75 Å². The maximum absolute atomic E-state index is 11.5. The first-order valence-electron chi connectivity index (χ1n) is 8.80. The van der Waals surface area contributed by atoms with Crippen molar-refractivity contribution in [3.05, 3.63) is 24.3 Å². The van der Waals surface area contributed by atoms with Crippen LogP contribution in [-0.2, 0) is 9.84 Å². The van der Waals surface area contributed by atoms with Crippen LogP contribution in [0.1, 0.15) is 32.1 Å². The van der Waals surface area contributed by atoms with Crippen molar-refractivity contribution < 1.29 is 23.4 Å². The van der Waals surface area contributed by atoms with Crippen molar-refractivity contribution in [1.82, 2.24) is 5.32 Å². The molecule has 0 aromatic heterocycles. The second-order valence-electron chi connectivity index (χ2n) is 7.58. The molecule has 25 heavy (non-hydrogen) atoms. The fourth-order valence-corrected chi connectivity index (χ4v) is 4.18. The molecule has 2 atom stereocenters. The zero-order chi connectivity index (χ0) is 18.1. The molecule has 0 aliphatic heterocycles. The number of hydrogen-bond acceptors (Lipinski definition) is 6. The zero-order valence-electron chi connectivity index (χ0n) is 14.5. The second-order valence-corrected chi connectivity index (χ2v) is 9.60. The molecule has 140 valence electrons. The third kappa shape index (κ3) is 4.53. The Morgan fingerprint density at radius 3 is 2.24 bits per heavy atom. The standard InChI is InChI=1S/C18H27NO5S/c1-25(22,23)15-7-5-14(6-8-15)24-12-18(9-16(20)17(21)10-18)11-19-13-3-2-4-13/h5-8,13,16-17,19-21H,2-4,9-12H2,1H3. The van der Waals surface area contributed by atoms with Gasteiger partial charge in [-0.25, -0.2) is 8.42 Å². The first-order valence-corrected chi connectivity index (χ1v) is 10.7. The summed E-state index contributed by atoms with van der Waals surface area (Å²) in [4.78, 5) is 0.257. The Morgan fingerprint density at radius 1 is 1.16 bits per heavy atom. The molecule has 3 rings (SSSR count). The number of sulfone groups is 1. The van der Waals surface area contributed by atoms with Gasteiger partial charge in [0.25, 0.3) is 0 Å². The molecule has 0 radical (unpaired) electrons. The van der Waals surface area contributed by atoms with E-state index in [1.54, 1.807) is 12.1 Å². The molecule has 2 saturated carbocycles. The average molecular weight is 369 g/mol. The Hall–Kier alpha value is -1.15. The van der Waals surface area contributed by atoms with Crippen LogP contribution in [0.2, 0.25) is 0 Å². The summed E-state index contributed by atoms with van der Waals surface area (Å²) < 4.78 is 28.9. The Morgan fingerprint density at radius 2 is 1.76 bits per heavy atom. The van der Waals surface area contributed by atoms with Crippen LogP contribution >= 0.6 is 0 Å². The first kappa shape index (κ1) is 18.6. The van der Waals surface area contributed by atoms with E-state index in [0.717, 1.165) is 0 Å². The maximum atomic E-state index is 11.5. The molecule has 2 unspecified atom stereocenters. The number of ether oxygens (including phenoxy) is 1. The van der Waals surface area contributed by atoms with Gasteiger partial charge in [-0.3, -0.25) is 0 Å². The molecule has 7 heteroatoms. The van der Waals surface area contributed by atoms with Crippen LogP contribution in [0.3, 0.4) is 0 Å². The molecule has 1 aromatic carbocycles. The van der Waals surface area contributed by atoms with E-state index in [9.17, 15) is 18.6 Å². The fourth-order valence-electron chi connectivity index (χ4n) is 3.55. The van der Waals surface area contributed by atoms with Crippen LogP contribution in [-0.4, -0.2) is 56.3 Å².